The highest BCUT2D eigenvalue weighted by molar-refractivity contribution is 6.31. The van der Waals surface area contributed by atoms with E-state index >= 15 is 0 Å². The molecule has 1 rings (SSSR count). The zero-order valence-electron chi connectivity index (χ0n) is 10.4. The van der Waals surface area contributed by atoms with Crippen LogP contribution in [0.3, 0.4) is 0 Å². The lowest BCUT2D eigenvalue weighted by Crippen LogP contribution is -1.98. The summed E-state index contributed by atoms with van der Waals surface area (Å²) in [6.45, 7) is 6.54. The van der Waals surface area contributed by atoms with E-state index in [0.29, 0.717) is 0 Å². The third kappa shape index (κ3) is 4.28. The highest BCUT2D eigenvalue weighted by Gasteiger charge is 2.04. The lowest BCUT2D eigenvalue weighted by Gasteiger charge is -2.11. The van der Waals surface area contributed by atoms with E-state index in [-0.39, 0.29) is 5.41 Å². The molecule has 0 N–H and O–H groups in total. The van der Waals surface area contributed by atoms with Crippen LogP contribution in [0, 0.1) is 5.41 Å². The number of allylic oxidation sites excluding steroid dienone is 2. The third-order valence-corrected chi connectivity index (χ3v) is 2.57. The molecule has 0 aliphatic rings. The van der Waals surface area contributed by atoms with E-state index in [2.05, 4.69) is 32.9 Å². The normalized spacial score (nSPS) is 12.1. The summed E-state index contributed by atoms with van der Waals surface area (Å²) in [6, 6.07) is 5.79. The number of methoxy groups -OCH3 is 1. The first-order valence-electron chi connectivity index (χ1n) is 5.42. The molecule has 16 heavy (non-hydrogen) atoms. The predicted octanol–water partition coefficient (Wildman–Crippen LogP) is 4.49. The zero-order chi connectivity index (χ0) is 12.2. The van der Waals surface area contributed by atoms with Crippen LogP contribution in [0.2, 0.25) is 5.02 Å². The fraction of sp³-hybridized carbons (Fsp3) is 0.429. The lowest BCUT2D eigenvalue weighted by atomic mass is 9.95. The topological polar surface area (TPSA) is 9.23 Å². The Morgan fingerprint density at radius 1 is 1.31 bits per heavy atom. The molecule has 0 bridgehead atoms. The third-order valence-electron chi connectivity index (χ3n) is 2.22. The Hall–Kier alpha value is -0.950. The van der Waals surface area contributed by atoms with Crippen molar-refractivity contribution in [3.05, 3.63) is 40.9 Å². The zero-order valence-corrected chi connectivity index (χ0v) is 11.1. The molecule has 0 spiro atoms. The van der Waals surface area contributed by atoms with Gasteiger partial charge in [-0.25, -0.2) is 0 Å². The van der Waals surface area contributed by atoms with Crippen LogP contribution in [-0.2, 0) is 6.42 Å². The minimum Gasteiger partial charge on any atom is -0.497 e. The van der Waals surface area contributed by atoms with Crippen LogP contribution in [0.5, 0.6) is 5.75 Å². The molecular weight excluding hydrogens is 220 g/mol. The van der Waals surface area contributed by atoms with Crippen molar-refractivity contribution in [1.29, 1.82) is 0 Å². The molecule has 0 aromatic heterocycles. The molecule has 0 aliphatic carbocycles. The summed E-state index contributed by atoms with van der Waals surface area (Å²) >= 11 is 6.14. The second-order valence-electron chi connectivity index (χ2n) is 4.93. The van der Waals surface area contributed by atoms with Gasteiger partial charge >= 0.3 is 0 Å². The molecule has 0 radical (unpaired) electrons. The largest absolute Gasteiger partial charge is 0.497 e. The first kappa shape index (κ1) is 13.1. The maximum Gasteiger partial charge on any atom is 0.120 e. The first-order chi connectivity index (χ1) is 7.42. The van der Waals surface area contributed by atoms with Crippen LogP contribution in [0.25, 0.3) is 0 Å². The Balaban J connectivity index is 2.72. The summed E-state index contributed by atoms with van der Waals surface area (Å²) < 4.78 is 5.11. The Labute approximate surface area is 103 Å². The SMILES string of the molecule is COc1ccc(C/C=C/C(C)(C)C)c(Cl)c1. The standard InChI is InChI=1S/C14H19ClO/c1-14(2,3)9-5-6-11-7-8-12(16-4)10-13(11)15/h5,7-10H,6H2,1-4H3/b9-5+. The van der Waals surface area contributed by atoms with Gasteiger partial charge in [0.25, 0.3) is 0 Å². The maximum absolute atomic E-state index is 6.14. The minimum atomic E-state index is 0.221. The van der Waals surface area contributed by atoms with E-state index < -0.39 is 0 Å². The number of hydrogen-bond donors (Lipinski definition) is 0. The molecule has 0 unspecified atom stereocenters. The van der Waals surface area contributed by atoms with Gasteiger partial charge in [0.05, 0.1) is 7.11 Å². The summed E-state index contributed by atoms with van der Waals surface area (Å²) in [5.41, 5.74) is 1.35. The van der Waals surface area contributed by atoms with Gasteiger partial charge in [0.2, 0.25) is 0 Å². The van der Waals surface area contributed by atoms with Crippen LogP contribution in [0.15, 0.2) is 30.4 Å². The van der Waals surface area contributed by atoms with Gasteiger partial charge in [-0.15, -0.1) is 0 Å². The molecule has 1 aromatic carbocycles. The van der Waals surface area contributed by atoms with Crippen molar-refractivity contribution in [1.82, 2.24) is 0 Å². The van der Waals surface area contributed by atoms with Crippen LogP contribution in [-0.4, -0.2) is 7.11 Å². The van der Waals surface area contributed by atoms with E-state index in [0.717, 1.165) is 22.8 Å². The van der Waals surface area contributed by atoms with Gasteiger partial charge in [0, 0.05) is 5.02 Å². The van der Waals surface area contributed by atoms with Gasteiger partial charge in [-0.3, -0.25) is 0 Å². The van der Waals surface area contributed by atoms with Crippen LogP contribution in [0.1, 0.15) is 26.3 Å². The van der Waals surface area contributed by atoms with E-state index in [1.165, 1.54) is 0 Å². The summed E-state index contributed by atoms with van der Waals surface area (Å²) in [5.74, 6) is 0.800. The highest BCUT2D eigenvalue weighted by atomic mass is 35.5. The summed E-state index contributed by atoms with van der Waals surface area (Å²) in [4.78, 5) is 0. The fourth-order valence-electron chi connectivity index (χ4n) is 1.36. The molecule has 2 heteroatoms. The summed E-state index contributed by atoms with van der Waals surface area (Å²) in [5, 5.41) is 0.762. The van der Waals surface area contributed by atoms with E-state index in [9.17, 15) is 0 Å². The number of benzene rings is 1. The van der Waals surface area contributed by atoms with Gasteiger partial charge in [-0.2, -0.15) is 0 Å². The van der Waals surface area contributed by atoms with Crippen LogP contribution >= 0.6 is 11.6 Å². The Morgan fingerprint density at radius 2 is 2.00 bits per heavy atom. The van der Waals surface area contributed by atoms with Crippen molar-refractivity contribution in [3.8, 4) is 5.75 Å². The average Bonchev–Trinajstić information content (AvgIpc) is 2.18. The Bertz CT molecular complexity index is 375. The van der Waals surface area contributed by atoms with Crippen LogP contribution in [0.4, 0.5) is 0 Å². The highest BCUT2D eigenvalue weighted by Crippen LogP contribution is 2.23. The molecule has 1 aromatic rings. The summed E-state index contributed by atoms with van der Waals surface area (Å²) in [6.07, 6.45) is 5.22. The van der Waals surface area contributed by atoms with E-state index in [1.807, 2.05) is 18.2 Å². The monoisotopic (exact) mass is 238 g/mol. The maximum atomic E-state index is 6.14. The molecule has 0 heterocycles. The molecule has 0 aliphatic heterocycles. The van der Waals surface area contributed by atoms with Crippen molar-refractivity contribution in [2.75, 3.05) is 7.11 Å². The molecule has 0 fully saturated rings. The van der Waals surface area contributed by atoms with Gasteiger partial charge in [0.1, 0.15) is 5.75 Å². The van der Waals surface area contributed by atoms with Gasteiger partial charge < -0.3 is 4.74 Å². The van der Waals surface area contributed by atoms with Gasteiger partial charge in [0.15, 0.2) is 0 Å². The second kappa shape index (κ2) is 5.40. The van der Waals surface area contributed by atoms with Crippen molar-refractivity contribution >= 4 is 11.6 Å². The molecule has 1 nitrogen and oxygen atoms in total. The number of hydrogen-bond acceptors (Lipinski definition) is 1. The number of ether oxygens (including phenoxy) is 1. The smallest absolute Gasteiger partial charge is 0.120 e. The van der Waals surface area contributed by atoms with Gasteiger partial charge in [-0.1, -0.05) is 50.6 Å². The fourth-order valence-corrected chi connectivity index (χ4v) is 1.61. The van der Waals surface area contributed by atoms with Crippen LogP contribution < -0.4 is 4.74 Å². The molecule has 0 atom stereocenters. The Kier molecular flexibility index (Phi) is 4.43. The van der Waals surface area contributed by atoms with Crippen molar-refractivity contribution in [2.45, 2.75) is 27.2 Å². The average molecular weight is 239 g/mol. The number of rotatable bonds is 3. The minimum absolute atomic E-state index is 0.221. The molecule has 0 amide bonds. The summed E-state index contributed by atoms with van der Waals surface area (Å²) in [7, 11) is 1.64. The molecule has 88 valence electrons. The Morgan fingerprint density at radius 3 is 2.50 bits per heavy atom. The lowest BCUT2D eigenvalue weighted by molar-refractivity contribution is 0.414. The quantitative estimate of drug-likeness (QED) is 0.705. The number of halogens is 1. The van der Waals surface area contributed by atoms with Gasteiger partial charge in [-0.05, 0) is 29.5 Å². The van der Waals surface area contributed by atoms with E-state index in [1.54, 1.807) is 7.11 Å². The molecular formula is C14H19ClO. The molecule has 0 saturated carbocycles. The first-order valence-corrected chi connectivity index (χ1v) is 5.80. The second-order valence-corrected chi connectivity index (χ2v) is 5.34. The predicted molar refractivity (Wildman–Crippen MR) is 70.3 cm³/mol. The van der Waals surface area contributed by atoms with Crippen molar-refractivity contribution in [3.63, 3.8) is 0 Å². The molecule has 0 saturated heterocycles. The van der Waals surface area contributed by atoms with E-state index in [4.69, 9.17) is 16.3 Å². The van der Waals surface area contributed by atoms with Crippen molar-refractivity contribution < 1.29 is 4.74 Å². The van der Waals surface area contributed by atoms with Crippen molar-refractivity contribution in [2.24, 2.45) is 5.41 Å².